The van der Waals surface area contributed by atoms with Gasteiger partial charge in [-0.1, -0.05) is 30.3 Å². The van der Waals surface area contributed by atoms with Gasteiger partial charge in [0.25, 0.3) is 5.56 Å². The van der Waals surface area contributed by atoms with E-state index in [1.807, 2.05) is 43.3 Å². The molecule has 0 saturated carbocycles. The zero-order valence-electron chi connectivity index (χ0n) is 19.4. The number of hydrogen-bond acceptors (Lipinski definition) is 6. The van der Waals surface area contributed by atoms with Gasteiger partial charge in [-0.3, -0.25) is 13.9 Å². The van der Waals surface area contributed by atoms with Crippen molar-refractivity contribution < 1.29 is 9.84 Å². The number of aliphatic imine (C=N–C) groups is 1. The lowest BCUT2D eigenvalue weighted by atomic mass is 10.1. The summed E-state index contributed by atoms with van der Waals surface area (Å²) in [5.74, 6) is 0.844. The fourth-order valence-corrected chi connectivity index (χ4v) is 3.35. The molecule has 0 saturated heterocycles. The van der Waals surface area contributed by atoms with Crippen molar-refractivity contribution in [2.75, 3.05) is 6.61 Å². The molecule has 0 radical (unpaired) electrons. The number of aromatic nitrogens is 2. The number of nitrogens with zero attached hydrogens (tertiary/aromatic N) is 4. The molecule has 8 heteroatoms. The summed E-state index contributed by atoms with van der Waals surface area (Å²) in [6.45, 7) is 3.42. The van der Waals surface area contributed by atoms with Crippen molar-refractivity contribution in [3.05, 3.63) is 97.7 Å². The molecule has 0 aliphatic rings. The van der Waals surface area contributed by atoms with Crippen LogP contribution in [-0.4, -0.2) is 26.7 Å². The lowest BCUT2D eigenvalue weighted by Gasteiger charge is -2.14. The summed E-state index contributed by atoms with van der Waals surface area (Å²) in [5, 5.41) is 18.1. The molecule has 0 atom stereocenters. The van der Waals surface area contributed by atoms with Crippen LogP contribution in [0.5, 0.6) is 5.75 Å². The van der Waals surface area contributed by atoms with E-state index in [-0.39, 0.29) is 30.4 Å². The monoisotopic (exact) mass is 458 g/mol. The van der Waals surface area contributed by atoms with Crippen LogP contribution in [-0.2, 0) is 13.6 Å². The van der Waals surface area contributed by atoms with E-state index in [1.54, 1.807) is 38.2 Å². The molecule has 3 rings (SSSR count). The van der Waals surface area contributed by atoms with Gasteiger partial charge in [-0.25, -0.2) is 4.79 Å². The average Bonchev–Trinajstić information content (AvgIpc) is 2.85. The van der Waals surface area contributed by atoms with Crippen molar-refractivity contribution in [3.8, 4) is 11.8 Å². The molecule has 34 heavy (non-hydrogen) atoms. The van der Waals surface area contributed by atoms with Crippen molar-refractivity contribution in [1.82, 2.24) is 9.13 Å². The Morgan fingerprint density at radius 3 is 2.44 bits per heavy atom. The maximum Gasteiger partial charge on any atom is 0.332 e. The van der Waals surface area contributed by atoms with Gasteiger partial charge in [0.2, 0.25) is 5.90 Å². The van der Waals surface area contributed by atoms with Crippen LogP contribution >= 0.6 is 0 Å². The number of nitriles is 1. The minimum atomic E-state index is -0.523. The molecule has 0 aliphatic carbocycles. The van der Waals surface area contributed by atoms with E-state index in [2.05, 4.69) is 11.1 Å². The van der Waals surface area contributed by atoms with Crippen LogP contribution in [0.1, 0.15) is 30.0 Å². The molecule has 174 valence electrons. The van der Waals surface area contributed by atoms with Gasteiger partial charge < -0.3 is 9.84 Å². The second-order valence-electron chi connectivity index (χ2n) is 7.72. The molecule has 0 aliphatic heterocycles. The second-order valence-corrected chi connectivity index (χ2v) is 7.72. The van der Waals surface area contributed by atoms with Crippen LogP contribution in [0.2, 0.25) is 0 Å². The van der Waals surface area contributed by atoms with Crippen LogP contribution in [0.15, 0.2) is 74.8 Å². The molecular weight excluding hydrogens is 432 g/mol. The SMILES string of the molecule is C/C(=C/c1ccccc1)C(=Nc1c(C)c(=O)n(CCCO)c(=O)n1C)Oc1ccc(C#N)cc1. The minimum Gasteiger partial charge on any atom is -0.439 e. The van der Waals surface area contributed by atoms with E-state index in [0.29, 0.717) is 23.3 Å². The molecule has 0 amide bonds. The molecule has 3 aromatic rings. The number of aliphatic hydroxyl groups is 1. The van der Waals surface area contributed by atoms with Crippen molar-refractivity contribution in [1.29, 1.82) is 5.26 Å². The Labute approximate surface area is 197 Å². The lowest BCUT2D eigenvalue weighted by molar-refractivity contribution is 0.277. The largest absolute Gasteiger partial charge is 0.439 e. The van der Waals surface area contributed by atoms with Gasteiger partial charge in [-0.15, -0.1) is 0 Å². The standard InChI is InChI=1S/C26H26N4O4/c1-18(16-20-8-5-4-6-9-20)24(34-22-12-10-21(17-27)11-13-22)28-23-19(2)25(32)30(14-7-15-31)26(33)29(23)3/h4-6,8-13,16,31H,7,14-15H2,1-3H3/b18-16-,28-24?. The average molecular weight is 459 g/mol. The van der Waals surface area contributed by atoms with Gasteiger partial charge in [0.05, 0.1) is 17.2 Å². The van der Waals surface area contributed by atoms with Gasteiger partial charge in [-0.2, -0.15) is 10.3 Å². The van der Waals surface area contributed by atoms with Crippen LogP contribution in [0.4, 0.5) is 5.82 Å². The topological polar surface area (TPSA) is 110 Å². The Morgan fingerprint density at radius 2 is 1.82 bits per heavy atom. The van der Waals surface area contributed by atoms with Crippen LogP contribution in [0.3, 0.4) is 0 Å². The molecule has 0 bridgehead atoms. The Morgan fingerprint density at radius 1 is 1.15 bits per heavy atom. The quantitative estimate of drug-likeness (QED) is 0.431. The van der Waals surface area contributed by atoms with E-state index < -0.39 is 11.2 Å². The van der Waals surface area contributed by atoms with Crippen LogP contribution < -0.4 is 16.0 Å². The molecule has 1 N–H and O–H groups in total. The normalized spacial score (nSPS) is 11.9. The third kappa shape index (κ3) is 5.57. The highest BCUT2D eigenvalue weighted by Gasteiger charge is 2.16. The molecule has 1 aromatic heterocycles. The Hall–Kier alpha value is -4.22. The number of rotatable bonds is 7. The smallest absolute Gasteiger partial charge is 0.332 e. The zero-order valence-corrected chi connectivity index (χ0v) is 19.4. The molecule has 0 spiro atoms. The first kappa shape index (κ1) is 24.4. The predicted molar refractivity (Wildman–Crippen MR) is 131 cm³/mol. The summed E-state index contributed by atoms with van der Waals surface area (Å²) in [6, 6.07) is 18.3. The van der Waals surface area contributed by atoms with E-state index >= 15 is 0 Å². The first-order valence-electron chi connectivity index (χ1n) is 10.8. The number of hydrogen-bond donors (Lipinski definition) is 1. The van der Waals surface area contributed by atoms with E-state index in [4.69, 9.17) is 15.1 Å². The van der Waals surface area contributed by atoms with E-state index in [9.17, 15) is 9.59 Å². The van der Waals surface area contributed by atoms with Gasteiger partial charge in [0, 0.05) is 25.8 Å². The number of ether oxygens (including phenoxy) is 1. The van der Waals surface area contributed by atoms with Crippen molar-refractivity contribution in [2.45, 2.75) is 26.8 Å². The zero-order chi connectivity index (χ0) is 24.7. The summed E-state index contributed by atoms with van der Waals surface area (Å²) < 4.78 is 8.45. The molecule has 1 heterocycles. The van der Waals surface area contributed by atoms with Gasteiger partial charge in [0.15, 0.2) is 0 Å². The van der Waals surface area contributed by atoms with Gasteiger partial charge in [-0.05, 0) is 56.2 Å². The highest BCUT2D eigenvalue weighted by Crippen LogP contribution is 2.20. The highest BCUT2D eigenvalue weighted by molar-refractivity contribution is 6.00. The maximum atomic E-state index is 12.9. The molecule has 2 aromatic carbocycles. The van der Waals surface area contributed by atoms with Gasteiger partial charge >= 0.3 is 5.69 Å². The Bertz CT molecular complexity index is 1340. The fourth-order valence-electron chi connectivity index (χ4n) is 3.35. The summed E-state index contributed by atoms with van der Waals surface area (Å²) in [7, 11) is 1.54. The number of aliphatic hydroxyl groups excluding tert-OH is 1. The maximum absolute atomic E-state index is 12.9. The Kier molecular flexibility index (Phi) is 7.96. The summed E-state index contributed by atoms with van der Waals surface area (Å²) in [5.41, 5.74) is 1.40. The first-order valence-corrected chi connectivity index (χ1v) is 10.8. The van der Waals surface area contributed by atoms with Crippen LogP contribution in [0, 0.1) is 18.3 Å². The summed E-state index contributed by atoms with van der Waals surface area (Å²) in [6.07, 6.45) is 2.18. The van der Waals surface area contributed by atoms with E-state index in [1.165, 1.54) is 4.57 Å². The molecule has 8 nitrogen and oxygen atoms in total. The van der Waals surface area contributed by atoms with Crippen molar-refractivity contribution in [3.63, 3.8) is 0 Å². The Balaban J connectivity index is 2.14. The van der Waals surface area contributed by atoms with Crippen molar-refractivity contribution >= 4 is 17.8 Å². The predicted octanol–water partition coefficient (Wildman–Crippen LogP) is 3.32. The summed E-state index contributed by atoms with van der Waals surface area (Å²) >= 11 is 0. The molecule has 0 fully saturated rings. The number of benzene rings is 2. The lowest BCUT2D eigenvalue weighted by Crippen LogP contribution is -2.40. The second kappa shape index (κ2) is 11.1. The molecular formula is C26H26N4O4. The third-order valence-corrected chi connectivity index (χ3v) is 5.20. The molecule has 0 unspecified atom stereocenters. The van der Waals surface area contributed by atoms with Crippen molar-refractivity contribution in [2.24, 2.45) is 12.0 Å². The first-order chi connectivity index (χ1) is 16.3. The van der Waals surface area contributed by atoms with E-state index in [0.717, 1.165) is 10.1 Å². The fraction of sp³-hybridized carbons (Fsp3) is 0.231. The van der Waals surface area contributed by atoms with Gasteiger partial charge in [0.1, 0.15) is 11.6 Å². The minimum absolute atomic E-state index is 0.119. The third-order valence-electron chi connectivity index (χ3n) is 5.20. The van der Waals surface area contributed by atoms with Crippen LogP contribution in [0.25, 0.3) is 6.08 Å². The summed E-state index contributed by atoms with van der Waals surface area (Å²) in [4.78, 5) is 30.3. The highest BCUT2D eigenvalue weighted by atomic mass is 16.5.